The Morgan fingerprint density at radius 2 is 2.06 bits per heavy atom. The maximum Gasteiger partial charge on any atom is 0.341 e. The van der Waals surface area contributed by atoms with Crippen LogP contribution >= 0.6 is 0 Å². The van der Waals surface area contributed by atoms with Crippen molar-refractivity contribution >= 4 is 11.5 Å². The second kappa shape index (κ2) is 4.78. The molecule has 1 aromatic rings. The summed E-state index contributed by atoms with van der Waals surface area (Å²) in [6.07, 6.45) is 1.34. The van der Waals surface area contributed by atoms with Crippen molar-refractivity contribution < 1.29 is 23.7 Å². The van der Waals surface area contributed by atoms with E-state index >= 15 is 0 Å². The molecule has 0 saturated heterocycles. The van der Waals surface area contributed by atoms with Crippen molar-refractivity contribution in [2.45, 2.75) is 0 Å². The summed E-state index contributed by atoms with van der Waals surface area (Å²) in [4.78, 5) is 11.6. The van der Waals surface area contributed by atoms with E-state index in [0.29, 0.717) is 22.6 Å². The van der Waals surface area contributed by atoms with Gasteiger partial charge >= 0.3 is 5.97 Å². The lowest BCUT2D eigenvalue weighted by molar-refractivity contribution is -0.133. The number of fused-ring (bicyclic) bond motifs is 1. The summed E-state index contributed by atoms with van der Waals surface area (Å²) in [5.41, 5.74) is 0.983. The minimum Gasteiger partial charge on any atom is -0.503 e. The van der Waals surface area contributed by atoms with Crippen LogP contribution in [0.4, 0.5) is 0 Å². The summed E-state index contributed by atoms with van der Waals surface area (Å²) in [5.74, 6) is 0.800. The molecule has 0 aliphatic carbocycles. The first-order valence-corrected chi connectivity index (χ1v) is 4.97. The molecule has 0 aromatic heterocycles. The number of carbonyl (C=O) groups is 1. The summed E-state index contributed by atoms with van der Waals surface area (Å²) < 4.78 is 20.0. The molecule has 0 amide bonds. The SMILES string of the molecule is COC=C(C(=O)OC)c1ccc2c(c1)OCO2. The van der Waals surface area contributed by atoms with E-state index in [-0.39, 0.29) is 6.79 Å². The first kappa shape index (κ1) is 11.3. The highest BCUT2D eigenvalue weighted by molar-refractivity contribution is 6.16. The molecule has 1 heterocycles. The molecular formula is C12H12O5. The van der Waals surface area contributed by atoms with Crippen LogP contribution in [0.1, 0.15) is 5.56 Å². The first-order chi connectivity index (χ1) is 8.26. The third-order valence-electron chi connectivity index (χ3n) is 2.32. The van der Waals surface area contributed by atoms with Gasteiger partial charge in [-0.15, -0.1) is 0 Å². The van der Waals surface area contributed by atoms with Crippen LogP contribution in [-0.4, -0.2) is 27.0 Å². The third kappa shape index (κ3) is 2.18. The zero-order chi connectivity index (χ0) is 12.3. The molecule has 0 atom stereocenters. The lowest BCUT2D eigenvalue weighted by Gasteiger charge is -2.06. The highest BCUT2D eigenvalue weighted by Crippen LogP contribution is 2.34. The molecule has 5 heteroatoms. The van der Waals surface area contributed by atoms with E-state index < -0.39 is 5.97 Å². The average molecular weight is 236 g/mol. The van der Waals surface area contributed by atoms with Crippen LogP contribution in [0.5, 0.6) is 11.5 Å². The van der Waals surface area contributed by atoms with E-state index in [4.69, 9.17) is 14.2 Å². The van der Waals surface area contributed by atoms with Gasteiger partial charge in [0.05, 0.1) is 20.5 Å². The van der Waals surface area contributed by atoms with E-state index in [1.807, 2.05) is 0 Å². The van der Waals surface area contributed by atoms with Gasteiger partial charge in [-0.05, 0) is 17.7 Å². The number of carbonyl (C=O) groups excluding carboxylic acids is 1. The molecule has 2 rings (SSSR count). The van der Waals surface area contributed by atoms with Gasteiger partial charge in [0.2, 0.25) is 6.79 Å². The van der Waals surface area contributed by atoms with Gasteiger partial charge in [-0.25, -0.2) is 4.79 Å². The molecule has 0 N–H and O–H groups in total. The fourth-order valence-corrected chi connectivity index (χ4v) is 1.53. The van der Waals surface area contributed by atoms with Crippen molar-refractivity contribution in [3.05, 3.63) is 30.0 Å². The van der Waals surface area contributed by atoms with Crippen molar-refractivity contribution in [2.75, 3.05) is 21.0 Å². The summed E-state index contributed by atoms with van der Waals surface area (Å²) >= 11 is 0. The highest BCUT2D eigenvalue weighted by Gasteiger charge is 2.18. The van der Waals surface area contributed by atoms with Crippen molar-refractivity contribution in [1.82, 2.24) is 0 Å². The van der Waals surface area contributed by atoms with Crippen LogP contribution in [-0.2, 0) is 14.3 Å². The topological polar surface area (TPSA) is 54.0 Å². The van der Waals surface area contributed by atoms with Gasteiger partial charge in [-0.1, -0.05) is 6.07 Å². The molecule has 0 bridgehead atoms. The number of ether oxygens (including phenoxy) is 4. The molecule has 17 heavy (non-hydrogen) atoms. The highest BCUT2D eigenvalue weighted by atomic mass is 16.7. The van der Waals surface area contributed by atoms with Gasteiger partial charge < -0.3 is 18.9 Å². The van der Waals surface area contributed by atoms with Crippen LogP contribution in [0.2, 0.25) is 0 Å². The van der Waals surface area contributed by atoms with Crippen molar-refractivity contribution in [3.8, 4) is 11.5 Å². The second-order valence-electron chi connectivity index (χ2n) is 3.33. The Morgan fingerprint density at radius 3 is 2.76 bits per heavy atom. The lowest BCUT2D eigenvalue weighted by Crippen LogP contribution is -2.04. The predicted molar refractivity (Wildman–Crippen MR) is 59.6 cm³/mol. The number of methoxy groups -OCH3 is 2. The van der Waals surface area contributed by atoms with E-state index in [9.17, 15) is 4.79 Å². The maximum atomic E-state index is 11.6. The number of esters is 1. The Hall–Kier alpha value is -2.17. The van der Waals surface area contributed by atoms with Crippen molar-refractivity contribution in [2.24, 2.45) is 0 Å². The second-order valence-corrected chi connectivity index (χ2v) is 3.33. The fourth-order valence-electron chi connectivity index (χ4n) is 1.53. The standard InChI is InChI=1S/C12H12O5/c1-14-6-9(12(13)15-2)8-3-4-10-11(5-8)17-7-16-10/h3-6H,7H2,1-2H3. The van der Waals surface area contributed by atoms with Crippen LogP contribution in [0.25, 0.3) is 5.57 Å². The molecule has 0 fully saturated rings. The predicted octanol–water partition coefficient (Wildman–Crippen LogP) is 1.58. The fraction of sp³-hybridized carbons (Fsp3) is 0.250. The minimum atomic E-state index is -0.467. The molecular weight excluding hydrogens is 224 g/mol. The molecule has 0 saturated carbocycles. The molecule has 1 aliphatic rings. The van der Waals surface area contributed by atoms with Gasteiger partial charge in [-0.3, -0.25) is 0 Å². The number of rotatable bonds is 3. The van der Waals surface area contributed by atoms with Crippen LogP contribution < -0.4 is 9.47 Å². The molecule has 1 aliphatic heterocycles. The zero-order valence-corrected chi connectivity index (χ0v) is 9.56. The van der Waals surface area contributed by atoms with Gasteiger partial charge in [-0.2, -0.15) is 0 Å². The summed E-state index contributed by atoms with van der Waals surface area (Å²) in [6, 6.07) is 5.20. The van der Waals surface area contributed by atoms with E-state index in [0.717, 1.165) is 0 Å². The maximum absolute atomic E-state index is 11.6. The summed E-state index contributed by atoms with van der Waals surface area (Å²) in [7, 11) is 2.79. The van der Waals surface area contributed by atoms with Gasteiger partial charge in [0, 0.05) is 0 Å². The lowest BCUT2D eigenvalue weighted by atomic mass is 10.1. The van der Waals surface area contributed by atoms with Crippen molar-refractivity contribution in [3.63, 3.8) is 0 Å². The normalized spacial score (nSPS) is 13.4. The third-order valence-corrected chi connectivity index (χ3v) is 2.32. The molecule has 0 radical (unpaired) electrons. The molecule has 0 unspecified atom stereocenters. The zero-order valence-electron chi connectivity index (χ0n) is 9.56. The Bertz CT molecular complexity index is 464. The molecule has 1 aromatic carbocycles. The molecule has 0 spiro atoms. The van der Waals surface area contributed by atoms with E-state index in [1.165, 1.54) is 20.5 Å². The van der Waals surface area contributed by atoms with Gasteiger partial charge in [0.25, 0.3) is 0 Å². The number of hydrogen-bond acceptors (Lipinski definition) is 5. The Labute approximate surface area is 98.5 Å². The van der Waals surface area contributed by atoms with Gasteiger partial charge in [0.15, 0.2) is 11.5 Å². The van der Waals surface area contributed by atoms with Crippen molar-refractivity contribution in [1.29, 1.82) is 0 Å². The Kier molecular flexibility index (Phi) is 3.18. The molecule has 90 valence electrons. The molecule has 5 nitrogen and oxygen atoms in total. The smallest absolute Gasteiger partial charge is 0.341 e. The Morgan fingerprint density at radius 1 is 1.29 bits per heavy atom. The monoisotopic (exact) mass is 236 g/mol. The van der Waals surface area contributed by atoms with Crippen LogP contribution in [0, 0.1) is 0 Å². The largest absolute Gasteiger partial charge is 0.503 e. The van der Waals surface area contributed by atoms with Crippen LogP contribution in [0.15, 0.2) is 24.5 Å². The van der Waals surface area contributed by atoms with Gasteiger partial charge in [0.1, 0.15) is 5.57 Å². The first-order valence-electron chi connectivity index (χ1n) is 4.97. The number of hydrogen-bond donors (Lipinski definition) is 0. The summed E-state index contributed by atoms with van der Waals surface area (Å²) in [6.45, 7) is 0.195. The Balaban J connectivity index is 2.37. The van der Waals surface area contributed by atoms with E-state index in [1.54, 1.807) is 18.2 Å². The average Bonchev–Trinajstić information content (AvgIpc) is 2.82. The minimum absolute atomic E-state index is 0.195. The van der Waals surface area contributed by atoms with Crippen LogP contribution in [0.3, 0.4) is 0 Å². The summed E-state index contributed by atoms with van der Waals surface area (Å²) in [5, 5.41) is 0. The quantitative estimate of drug-likeness (QED) is 0.453. The van der Waals surface area contributed by atoms with E-state index in [2.05, 4.69) is 4.74 Å². The number of benzene rings is 1.